The van der Waals surface area contributed by atoms with Crippen molar-refractivity contribution in [3.8, 4) is 0 Å². The van der Waals surface area contributed by atoms with Gasteiger partial charge in [-0.15, -0.1) is 0 Å². The maximum Gasteiger partial charge on any atom is 0.255 e. The van der Waals surface area contributed by atoms with Crippen molar-refractivity contribution in [1.82, 2.24) is 19.2 Å². The van der Waals surface area contributed by atoms with E-state index in [0.29, 0.717) is 13.1 Å². The number of benzene rings is 2. The standard InChI is InChI=1S/C21H23ClN4O3S/c1-25(2)30(28,29)15-9-10-17(22)16(12-15)21(27)26-11-5-6-14(13-26)20-23-18-7-3-4-8-19(18)24-20/h3-4,7-10,12,14H,5-6,11,13H2,1-2H3,(H,23,24). The number of aromatic amines is 1. The Morgan fingerprint density at radius 3 is 2.73 bits per heavy atom. The Hall–Kier alpha value is -2.42. The van der Waals surface area contributed by atoms with Crippen LogP contribution in [0.2, 0.25) is 5.02 Å². The van der Waals surface area contributed by atoms with Gasteiger partial charge in [-0.05, 0) is 43.2 Å². The Morgan fingerprint density at radius 2 is 2.00 bits per heavy atom. The van der Waals surface area contributed by atoms with Gasteiger partial charge in [0, 0.05) is 33.1 Å². The Balaban J connectivity index is 1.60. The first kappa shape index (κ1) is 20.8. The SMILES string of the molecule is CN(C)S(=O)(=O)c1ccc(Cl)c(C(=O)N2CCCC(c3nc4ccccc4[nH]3)C2)c1. The molecule has 0 radical (unpaired) electrons. The van der Waals surface area contributed by atoms with E-state index >= 15 is 0 Å². The predicted molar refractivity (Wildman–Crippen MR) is 116 cm³/mol. The lowest BCUT2D eigenvalue weighted by Crippen LogP contribution is -2.39. The van der Waals surface area contributed by atoms with E-state index < -0.39 is 10.0 Å². The summed E-state index contributed by atoms with van der Waals surface area (Å²) < 4.78 is 26.0. The minimum Gasteiger partial charge on any atom is -0.342 e. The van der Waals surface area contributed by atoms with Crippen molar-refractivity contribution in [3.05, 3.63) is 58.9 Å². The van der Waals surface area contributed by atoms with Crippen LogP contribution in [0.4, 0.5) is 0 Å². The van der Waals surface area contributed by atoms with Gasteiger partial charge < -0.3 is 9.88 Å². The number of imidazole rings is 1. The molecule has 1 aliphatic heterocycles. The predicted octanol–water partition coefficient (Wildman–Crippen LogP) is 3.49. The van der Waals surface area contributed by atoms with Gasteiger partial charge in [0.15, 0.2) is 0 Å². The zero-order valence-electron chi connectivity index (χ0n) is 16.8. The van der Waals surface area contributed by atoms with E-state index in [1.807, 2.05) is 24.3 Å². The third-order valence-corrected chi connectivity index (χ3v) is 7.59. The molecule has 158 valence electrons. The molecule has 2 aromatic carbocycles. The molecule has 1 amide bonds. The number of piperidine rings is 1. The van der Waals surface area contributed by atoms with Crippen LogP contribution in [0.5, 0.6) is 0 Å². The molecule has 0 bridgehead atoms. The molecule has 0 spiro atoms. The fourth-order valence-corrected chi connectivity index (χ4v) is 4.89. The summed E-state index contributed by atoms with van der Waals surface area (Å²) >= 11 is 6.27. The number of H-pyrrole nitrogens is 1. The maximum absolute atomic E-state index is 13.2. The van der Waals surface area contributed by atoms with Crippen LogP contribution in [0.25, 0.3) is 11.0 Å². The number of likely N-dealkylation sites (tertiary alicyclic amines) is 1. The second-order valence-electron chi connectivity index (χ2n) is 7.66. The van der Waals surface area contributed by atoms with Crippen LogP contribution in [0, 0.1) is 0 Å². The fraction of sp³-hybridized carbons (Fsp3) is 0.333. The van der Waals surface area contributed by atoms with E-state index in [2.05, 4.69) is 9.97 Å². The van der Waals surface area contributed by atoms with E-state index in [-0.39, 0.29) is 27.3 Å². The molecule has 1 saturated heterocycles. The van der Waals surface area contributed by atoms with Crippen LogP contribution in [0.3, 0.4) is 0 Å². The van der Waals surface area contributed by atoms with Crippen molar-refractivity contribution >= 4 is 38.6 Å². The first-order valence-corrected chi connectivity index (χ1v) is 11.5. The number of amides is 1. The van der Waals surface area contributed by atoms with Gasteiger partial charge in [-0.1, -0.05) is 23.7 Å². The van der Waals surface area contributed by atoms with E-state index in [1.54, 1.807) is 4.90 Å². The smallest absolute Gasteiger partial charge is 0.255 e. The number of rotatable bonds is 4. The molecule has 1 aliphatic rings. The van der Waals surface area contributed by atoms with Gasteiger partial charge in [0.2, 0.25) is 10.0 Å². The number of nitrogens with one attached hydrogen (secondary N) is 1. The first-order chi connectivity index (χ1) is 14.3. The molecule has 1 atom stereocenters. The summed E-state index contributed by atoms with van der Waals surface area (Å²) in [6.45, 7) is 1.09. The molecule has 1 unspecified atom stereocenters. The lowest BCUT2D eigenvalue weighted by Gasteiger charge is -2.32. The highest BCUT2D eigenvalue weighted by molar-refractivity contribution is 7.89. The Labute approximate surface area is 180 Å². The summed E-state index contributed by atoms with van der Waals surface area (Å²) in [4.78, 5) is 23.0. The highest BCUT2D eigenvalue weighted by Crippen LogP contribution is 2.29. The molecule has 0 aliphatic carbocycles. The third-order valence-electron chi connectivity index (χ3n) is 5.45. The zero-order chi connectivity index (χ0) is 21.5. The summed E-state index contributed by atoms with van der Waals surface area (Å²) in [5.74, 6) is 0.683. The van der Waals surface area contributed by atoms with Gasteiger partial charge in [0.1, 0.15) is 5.82 Å². The van der Waals surface area contributed by atoms with Gasteiger partial charge in [0.05, 0.1) is 26.5 Å². The number of carbonyl (C=O) groups is 1. The summed E-state index contributed by atoms with van der Waals surface area (Å²) in [6, 6.07) is 12.1. The van der Waals surface area contributed by atoms with Crippen LogP contribution in [-0.2, 0) is 10.0 Å². The van der Waals surface area contributed by atoms with E-state index in [0.717, 1.165) is 34.0 Å². The first-order valence-electron chi connectivity index (χ1n) is 9.73. The number of hydrogen-bond donors (Lipinski definition) is 1. The molecule has 30 heavy (non-hydrogen) atoms. The highest BCUT2D eigenvalue weighted by Gasteiger charge is 2.29. The van der Waals surface area contributed by atoms with Gasteiger partial charge in [-0.3, -0.25) is 4.79 Å². The number of sulfonamides is 1. The van der Waals surface area contributed by atoms with Gasteiger partial charge >= 0.3 is 0 Å². The summed E-state index contributed by atoms with van der Waals surface area (Å²) in [6.07, 6.45) is 1.76. The van der Waals surface area contributed by atoms with Crippen molar-refractivity contribution < 1.29 is 13.2 Å². The van der Waals surface area contributed by atoms with Gasteiger partial charge in [-0.2, -0.15) is 0 Å². The molecule has 9 heteroatoms. The number of hydrogen-bond acceptors (Lipinski definition) is 4. The summed E-state index contributed by atoms with van der Waals surface area (Å²) in [7, 11) is -0.755. The average molecular weight is 447 g/mol. The van der Waals surface area contributed by atoms with E-state index in [9.17, 15) is 13.2 Å². The third kappa shape index (κ3) is 3.82. The van der Waals surface area contributed by atoms with Crippen molar-refractivity contribution in [2.45, 2.75) is 23.7 Å². The molecule has 7 nitrogen and oxygen atoms in total. The lowest BCUT2D eigenvalue weighted by atomic mass is 9.96. The van der Waals surface area contributed by atoms with Crippen LogP contribution in [-0.4, -0.2) is 60.7 Å². The van der Waals surface area contributed by atoms with Crippen LogP contribution >= 0.6 is 11.6 Å². The van der Waals surface area contributed by atoms with Crippen molar-refractivity contribution in [2.75, 3.05) is 27.2 Å². The second-order valence-corrected chi connectivity index (χ2v) is 10.2. The van der Waals surface area contributed by atoms with Crippen molar-refractivity contribution in [1.29, 1.82) is 0 Å². The molecular weight excluding hydrogens is 424 g/mol. The zero-order valence-corrected chi connectivity index (χ0v) is 18.4. The molecule has 0 saturated carbocycles. The van der Waals surface area contributed by atoms with Crippen molar-refractivity contribution in [3.63, 3.8) is 0 Å². The summed E-state index contributed by atoms with van der Waals surface area (Å²) in [5.41, 5.74) is 2.08. The molecule has 1 fully saturated rings. The quantitative estimate of drug-likeness (QED) is 0.664. The normalized spacial score (nSPS) is 17.6. The van der Waals surface area contributed by atoms with Crippen LogP contribution < -0.4 is 0 Å². The van der Waals surface area contributed by atoms with Crippen molar-refractivity contribution in [2.24, 2.45) is 0 Å². The fourth-order valence-electron chi connectivity index (χ4n) is 3.76. The number of nitrogens with zero attached hydrogens (tertiary/aromatic N) is 3. The van der Waals surface area contributed by atoms with Gasteiger partial charge in [0.25, 0.3) is 5.91 Å². The Kier molecular flexibility index (Phi) is 5.57. The molecule has 4 rings (SSSR count). The number of halogens is 1. The molecular formula is C21H23ClN4O3S. The molecule has 3 aromatic rings. The second kappa shape index (κ2) is 8.02. The topological polar surface area (TPSA) is 86.4 Å². The Morgan fingerprint density at radius 1 is 1.23 bits per heavy atom. The minimum absolute atomic E-state index is 0.0473. The molecule has 1 N–H and O–H groups in total. The van der Waals surface area contributed by atoms with E-state index in [4.69, 9.17) is 11.6 Å². The number of fused-ring (bicyclic) bond motifs is 1. The van der Waals surface area contributed by atoms with Gasteiger partial charge in [-0.25, -0.2) is 17.7 Å². The monoisotopic (exact) mass is 446 g/mol. The number of aromatic nitrogens is 2. The molecule has 1 aromatic heterocycles. The minimum atomic E-state index is -3.66. The van der Waals surface area contributed by atoms with Crippen LogP contribution in [0.1, 0.15) is 34.9 Å². The highest BCUT2D eigenvalue weighted by atomic mass is 35.5. The average Bonchev–Trinajstić information content (AvgIpc) is 3.18. The number of carbonyl (C=O) groups excluding carboxylic acids is 1. The van der Waals surface area contributed by atoms with Crippen LogP contribution in [0.15, 0.2) is 47.4 Å². The number of para-hydroxylation sites is 2. The largest absolute Gasteiger partial charge is 0.342 e. The maximum atomic E-state index is 13.2. The van der Waals surface area contributed by atoms with E-state index in [1.165, 1.54) is 32.3 Å². The molecule has 2 heterocycles. The summed E-state index contributed by atoms with van der Waals surface area (Å²) in [5, 5.41) is 0.239. The lowest BCUT2D eigenvalue weighted by molar-refractivity contribution is 0.0705. The Bertz CT molecular complexity index is 1170.